The maximum Gasteiger partial charge on any atom is 0.246 e. The second-order valence-electron chi connectivity index (χ2n) is 4.20. The molecule has 0 aromatic carbocycles. The highest BCUT2D eigenvalue weighted by Crippen LogP contribution is 2.23. The van der Waals surface area contributed by atoms with Crippen molar-refractivity contribution in [2.24, 2.45) is 0 Å². The van der Waals surface area contributed by atoms with Gasteiger partial charge in [-0.2, -0.15) is 4.31 Å². The summed E-state index contributed by atoms with van der Waals surface area (Å²) in [6.07, 6.45) is 6.16. The number of nitrogens with one attached hydrogen (secondary N) is 2. The summed E-state index contributed by atoms with van der Waals surface area (Å²) in [7, 11) is -2.11. The zero-order valence-electron chi connectivity index (χ0n) is 11.4. The van der Waals surface area contributed by atoms with Crippen molar-refractivity contribution in [3.05, 3.63) is 36.7 Å². The van der Waals surface area contributed by atoms with Crippen molar-refractivity contribution >= 4 is 15.7 Å². The average molecular weight is 295 g/mol. The fraction of sp³-hybridized carbons (Fsp3) is 0.333. The Kier molecular flexibility index (Phi) is 4.35. The molecule has 0 atom stereocenters. The SMILES string of the molecule is CCNc1ccncc1S(=O)(=O)N(C)Cc1ncc[nH]1. The van der Waals surface area contributed by atoms with E-state index in [1.807, 2.05) is 6.92 Å². The molecule has 0 aliphatic rings. The van der Waals surface area contributed by atoms with Crippen LogP contribution in [0.2, 0.25) is 0 Å². The van der Waals surface area contributed by atoms with Gasteiger partial charge in [-0.3, -0.25) is 4.98 Å². The second kappa shape index (κ2) is 6.02. The fourth-order valence-electron chi connectivity index (χ4n) is 1.77. The van der Waals surface area contributed by atoms with E-state index in [-0.39, 0.29) is 11.4 Å². The van der Waals surface area contributed by atoms with Crippen LogP contribution in [-0.2, 0) is 16.6 Å². The van der Waals surface area contributed by atoms with E-state index in [1.165, 1.54) is 17.5 Å². The number of sulfonamides is 1. The number of H-pyrrole nitrogens is 1. The molecular formula is C12H17N5O2S. The minimum absolute atomic E-state index is 0.163. The minimum Gasteiger partial charge on any atom is -0.384 e. The number of anilines is 1. The van der Waals surface area contributed by atoms with Crippen LogP contribution in [0, 0.1) is 0 Å². The monoisotopic (exact) mass is 295 g/mol. The van der Waals surface area contributed by atoms with Crippen LogP contribution in [0.15, 0.2) is 35.7 Å². The number of aromatic nitrogens is 3. The summed E-state index contributed by atoms with van der Waals surface area (Å²) in [5, 5.41) is 3.03. The summed E-state index contributed by atoms with van der Waals surface area (Å²) in [6, 6.07) is 1.65. The van der Waals surface area contributed by atoms with Crippen LogP contribution >= 0.6 is 0 Å². The highest BCUT2D eigenvalue weighted by molar-refractivity contribution is 7.89. The first-order valence-electron chi connectivity index (χ1n) is 6.18. The molecule has 0 saturated heterocycles. The molecule has 108 valence electrons. The van der Waals surface area contributed by atoms with Crippen molar-refractivity contribution < 1.29 is 8.42 Å². The molecule has 0 fully saturated rings. The van der Waals surface area contributed by atoms with Gasteiger partial charge in [-0.1, -0.05) is 0 Å². The Morgan fingerprint density at radius 3 is 2.85 bits per heavy atom. The predicted molar refractivity (Wildman–Crippen MR) is 75.6 cm³/mol. The maximum atomic E-state index is 12.6. The smallest absolute Gasteiger partial charge is 0.246 e. The topological polar surface area (TPSA) is 91.0 Å². The Morgan fingerprint density at radius 2 is 2.20 bits per heavy atom. The first-order chi connectivity index (χ1) is 9.55. The second-order valence-corrected chi connectivity index (χ2v) is 6.21. The van der Waals surface area contributed by atoms with Crippen LogP contribution in [0.1, 0.15) is 12.7 Å². The molecule has 0 aliphatic heterocycles. The van der Waals surface area contributed by atoms with E-state index in [0.717, 1.165) is 0 Å². The maximum absolute atomic E-state index is 12.6. The fourth-order valence-corrected chi connectivity index (χ4v) is 3.01. The summed E-state index contributed by atoms with van der Waals surface area (Å²) < 4.78 is 26.4. The van der Waals surface area contributed by atoms with E-state index < -0.39 is 10.0 Å². The molecule has 2 aromatic heterocycles. The molecule has 7 nitrogen and oxygen atoms in total. The van der Waals surface area contributed by atoms with Crippen molar-refractivity contribution in [1.82, 2.24) is 19.3 Å². The highest BCUT2D eigenvalue weighted by atomic mass is 32.2. The number of pyridine rings is 1. The van der Waals surface area contributed by atoms with Crippen molar-refractivity contribution in [2.45, 2.75) is 18.4 Å². The molecule has 0 radical (unpaired) electrons. The van der Waals surface area contributed by atoms with Crippen LogP contribution in [0.25, 0.3) is 0 Å². The van der Waals surface area contributed by atoms with Crippen LogP contribution in [-0.4, -0.2) is 41.3 Å². The van der Waals surface area contributed by atoms with Gasteiger partial charge in [0, 0.05) is 38.4 Å². The standard InChI is InChI=1S/C12H17N5O2S/c1-3-14-10-4-5-13-8-11(10)20(18,19)17(2)9-12-15-6-7-16-12/h4-8H,3,9H2,1-2H3,(H,13,14)(H,15,16). The number of hydrogen-bond donors (Lipinski definition) is 2. The van der Waals surface area contributed by atoms with Gasteiger partial charge in [0.1, 0.15) is 10.7 Å². The molecule has 2 heterocycles. The van der Waals surface area contributed by atoms with Gasteiger partial charge in [0.2, 0.25) is 10.0 Å². The van der Waals surface area contributed by atoms with Gasteiger partial charge in [-0.05, 0) is 13.0 Å². The van der Waals surface area contributed by atoms with Gasteiger partial charge < -0.3 is 10.3 Å². The van der Waals surface area contributed by atoms with Gasteiger partial charge in [-0.25, -0.2) is 13.4 Å². The quantitative estimate of drug-likeness (QED) is 0.831. The average Bonchev–Trinajstić information content (AvgIpc) is 2.92. The largest absolute Gasteiger partial charge is 0.384 e. The Hall–Kier alpha value is -1.93. The van der Waals surface area contributed by atoms with E-state index in [0.29, 0.717) is 18.1 Å². The molecule has 2 N–H and O–H groups in total. The molecule has 0 amide bonds. The van der Waals surface area contributed by atoms with E-state index in [9.17, 15) is 8.42 Å². The van der Waals surface area contributed by atoms with Crippen LogP contribution in [0.3, 0.4) is 0 Å². The minimum atomic E-state index is -3.62. The van der Waals surface area contributed by atoms with Gasteiger partial charge in [-0.15, -0.1) is 0 Å². The molecule has 0 spiro atoms. The summed E-state index contributed by atoms with van der Waals surface area (Å²) in [5.41, 5.74) is 0.550. The molecule has 8 heteroatoms. The summed E-state index contributed by atoms with van der Waals surface area (Å²) in [4.78, 5) is 11.0. The first kappa shape index (κ1) is 14.5. The predicted octanol–water partition coefficient (Wildman–Crippen LogP) is 1.06. The number of aromatic amines is 1. The Bertz CT molecular complexity index is 654. The molecule has 0 aliphatic carbocycles. The molecule has 0 unspecified atom stereocenters. The summed E-state index contributed by atoms with van der Waals surface area (Å²) in [5.74, 6) is 0.588. The summed E-state index contributed by atoms with van der Waals surface area (Å²) >= 11 is 0. The molecule has 20 heavy (non-hydrogen) atoms. The van der Waals surface area contributed by atoms with E-state index in [2.05, 4.69) is 20.3 Å². The lowest BCUT2D eigenvalue weighted by Crippen LogP contribution is -2.28. The van der Waals surface area contributed by atoms with E-state index in [4.69, 9.17) is 0 Å². The Labute approximate surface area is 118 Å². The van der Waals surface area contributed by atoms with Crippen molar-refractivity contribution in [2.75, 3.05) is 18.9 Å². The molecular weight excluding hydrogens is 278 g/mol. The normalized spacial score (nSPS) is 11.8. The van der Waals surface area contributed by atoms with Gasteiger partial charge >= 0.3 is 0 Å². The molecule has 0 bridgehead atoms. The molecule has 0 saturated carbocycles. The van der Waals surface area contributed by atoms with Gasteiger partial charge in [0.15, 0.2) is 0 Å². The molecule has 2 aromatic rings. The van der Waals surface area contributed by atoms with Crippen LogP contribution in [0.5, 0.6) is 0 Å². The number of imidazole rings is 1. The van der Waals surface area contributed by atoms with E-state index in [1.54, 1.807) is 24.7 Å². The third kappa shape index (κ3) is 2.97. The lowest BCUT2D eigenvalue weighted by molar-refractivity contribution is 0.458. The van der Waals surface area contributed by atoms with Gasteiger partial charge in [0.05, 0.1) is 12.2 Å². The molecule has 2 rings (SSSR count). The van der Waals surface area contributed by atoms with Gasteiger partial charge in [0.25, 0.3) is 0 Å². The first-order valence-corrected chi connectivity index (χ1v) is 7.62. The summed E-state index contributed by atoms with van der Waals surface area (Å²) in [6.45, 7) is 2.72. The Morgan fingerprint density at radius 1 is 1.40 bits per heavy atom. The third-order valence-electron chi connectivity index (χ3n) is 2.77. The zero-order valence-corrected chi connectivity index (χ0v) is 12.2. The van der Waals surface area contributed by atoms with E-state index >= 15 is 0 Å². The zero-order chi connectivity index (χ0) is 14.6. The van der Waals surface area contributed by atoms with Crippen molar-refractivity contribution in [1.29, 1.82) is 0 Å². The number of rotatable bonds is 6. The van der Waals surface area contributed by atoms with Crippen molar-refractivity contribution in [3.63, 3.8) is 0 Å². The van der Waals surface area contributed by atoms with Crippen LogP contribution in [0.4, 0.5) is 5.69 Å². The highest BCUT2D eigenvalue weighted by Gasteiger charge is 2.24. The van der Waals surface area contributed by atoms with Crippen molar-refractivity contribution in [3.8, 4) is 0 Å². The van der Waals surface area contributed by atoms with Crippen LogP contribution < -0.4 is 5.32 Å². The lowest BCUT2D eigenvalue weighted by atomic mass is 10.4. The number of nitrogens with zero attached hydrogens (tertiary/aromatic N) is 3. The third-order valence-corrected chi connectivity index (χ3v) is 4.60. The Balaban J connectivity index is 2.30. The number of hydrogen-bond acceptors (Lipinski definition) is 5. The lowest BCUT2D eigenvalue weighted by Gasteiger charge is -2.18.